The van der Waals surface area contributed by atoms with E-state index in [0.717, 1.165) is 19.6 Å². The number of rotatable bonds is 5. The molecule has 2 nitrogen and oxygen atoms in total. The molecular weight excluding hydrogens is 276 g/mol. The number of nitrogens with zero attached hydrogens (tertiary/aromatic N) is 1. The summed E-state index contributed by atoms with van der Waals surface area (Å²) in [6.45, 7) is 7.71. The van der Waals surface area contributed by atoms with Gasteiger partial charge in [-0.2, -0.15) is 0 Å². The largest absolute Gasteiger partial charge is 0.313 e. The van der Waals surface area contributed by atoms with Crippen LogP contribution in [0.3, 0.4) is 0 Å². The Balaban J connectivity index is 1.98. The quantitative estimate of drug-likeness (QED) is 0.898. The van der Waals surface area contributed by atoms with Gasteiger partial charge in [-0.3, -0.25) is 4.90 Å². The molecule has 0 bridgehead atoms. The maximum absolute atomic E-state index is 3.69. The van der Waals surface area contributed by atoms with E-state index in [1.165, 1.54) is 41.5 Å². The Morgan fingerprint density at radius 1 is 1.29 bits per heavy atom. The van der Waals surface area contributed by atoms with Gasteiger partial charge in [0.15, 0.2) is 0 Å². The van der Waals surface area contributed by atoms with Gasteiger partial charge in [0.25, 0.3) is 0 Å². The van der Waals surface area contributed by atoms with Crippen molar-refractivity contribution in [3.63, 3.8) is 0 Å². The van der Waals surface area contributed by atoms with E-state index in [2.05, 4.69) is 51.3 Å². The average molecular weight is 297 g/mol. The lowest BCUT2D eigenvalue weighted by molar-refractivity contribution is 0.331. The van der Waals surface area contributed by atoms with Gasteiger partial charge in [-0.05, 0) is 49.7 Å². The molecule has 1 heterocycles. The van der Waals surface area contributed by atoms with Crippen molar-refractivity contribution in [2.45, 2.75) is 32.9 Å². The molecule has 1 aromatic rings. The Morgan fingerprint density at radius 3 is 2.71 bits per heavy atom. The highest BCUT2D eigenvalue weighted by Gasteiger charge is 2.13. The average Bonchev–Trinajstić information content (AvgIpc) is 2.82. The van der Waals surface area contributed by atoms with Crippen molar-refractivity contribution in [3.8, 4) is 0 Å². The van der Waals surface area contributed by atoms with Crippen LogP contribution in [0.4, 0.5) is 0 Å². The zero-order valence-corrected chi connectivity index (χ0v) is 12.1. The zero-order chi connectivity index (χ0) is 12.1. The standard InChI is InChI=1S/C14H21BrN2/c1-2-16-10-12-5-6-13(14(15)9-12)11-17-7-3-4-8-17/h5-6,9,16H,2-4,7-8,10-11H2,1H3. The van der Waals surface area contributed by atoms with Gasteiger partial charge in [0.2, 0.25) is 0 Å². The van der Waals surface area contributed by atoms with Gasteiger partial charge >= 0.3 is 0 Å². The van der Waals surface area contributed by atoms with E-state index in [1.54, 1.807) is 0 Å². The molecule has 1 fully saturated rings. The summed E-state index contributed by atoms with van der Waals surface area (Å²) in [7, 11) is 0. The smallest absolute Gasteiger partial charge is 0.0244 e. The Labute approximate surface area is 113 Å². The van der Waals surface area contributed by atoms with E-state index in [1.807, 2.05) is 0 Å². The third-order valence-electron chi connectivity index (χ3n) is 3.29. The van der Waals surface area contributed by atoms with Crippen LogP contribution in [-0.4, -0.2) is 24.5 Å². The molecule has 0 atom stereocenters. The van der Waals surface area contributed by atoms with E-state index in [9.17, 15) is 0 Å². The van der Waals surface area contributed by atoms with Crippen LogP contribution in [0.5, 0.6) is 0 Å². The summed E-state index contributed by atoms with van der Waals surface area (Å²) in [5, 5.41) is 3.35. The highest BCUT2D eigenvalue weighted by Crippen LogP contribution is 2.22. The summed E-state index contributed by atoms with van der Waals surface area (Å²) < 4.78 is 1.25. The highest BCUT2D eigenvalue weighted by atomic mass is 79.9. The molecule has 17 heavy (non-hydrogen) atoms. The van der Waals surface area contributed by atoms with Gasteiger partial charge in [0.05, 0.1) is 0 Å². The van der Waals surface area contributed by atoms with E-state index in [4.69, 9.17) is 0 Å². The molecular formula is C14H21BrN2. The van der Waals surface area contributed by atoms with Crippen molar-refractivity contribution in [2.75, 3.05) is 19.6 Å². The lowest BCUT2D eigenvalue weighted by Crippen LogP contribution is -2.18. The number of hydrogen-bond acceptors (Lipinski definition) is 2. The van der Waals surface area contributed by atoms with Gasteiger partial charge < -0.3 is 5.32 Å². The predicted molar refractivity (Wildman–Crippen MR) is 76.0 cm³/mol. The molecule has 1 aromatic carbocycles. The number of halogens is 1. The second kappa shape index (κ2) is 6.53. The van der Waals surface area contributed by atoms with Gasteiger partial charge in [-0.1, -0.05) is 35.0 Å². The van der Waals surface area contributed by atoms with E-state index in [0.29, 0.717) is 0 Å². The molecule has 1 aliphatic heterocycles. The normalized spacial score (nSPS) is 16.6. The molecule has 1 saturated heterocycles. The zero-order valence-electron chi connectivity index (χ0n) is 10.5. The number of benzene rings is 1. The monoisotopic (exact) mass is 296 g/mol. The minimum absolute atomic E-state index is 0.957. The lowest BCUT2D eigenvalue weighted by Gasteiger charge is -2.16. The fraction of sp³-hybridized carbons (Fsp3) is 0.571. The number of likely N-dealkylation sites (tertiary alicyclic amines) is 1. The number of hydrogen-bond donors (Lipinski definition) is 1. The van der Waals surface area contributed by atoms with Gasteiger partial charge in [0.1, 0.15) is 0 Å². The van der Waals surface area contributed by atoms with Crippen LogP contribution < -0.4 is 5.32 Å². The third kappa shape index (κ3) is 3.80. The predicted octanol–water partition coefficient (Wildman–Crippen LogP) is 3.15. The SMILES string of the molecule is CCNCc1ccc(CN2CCCC2)c(Br)c1. The van der Waals surface area contributed by atoms with Crippen LogP contribution in [0, 0.1) is 0 Å². The van der Waals surface area contributed by atoms with Crippen molar-refractivity contribution >= 4 is 15.9 Å². The van der Waals surface area contributed by atoms with Gasteiger partial charge in [0, 0.05) is 17.6 Å². The molecule has 0 radical (unpaired) electrons. The Bertz CT molecular complexity index is 359. The van der Waals surface area contributed by atoms with Crippen molar-refractivity contribution in [1.29, 1.82) is 0 Å². The molecule has 0 spiro atoms. The molecule has 2 rings (SSSR count). The molecule has 0 aliphatic carbocycles. The van der Waals surface area contributed by atoms with Crippen LogP contribution in [0.15, 0.2) is 22.7 Å². The van der Waals surface area contributed by atoms with E-state index < -0.39 is 0 Å². The maximum atomic E-state index is 3.69. The molecule has 0 amide bonds. The van der Waals surface area contributed by atoms with E-state index >= 15 is 0 Å². The van der Waals surface area contributed by atoms with Crippen LogP contribution in [0.25, 0.3) is 0 Å². The Hall–Kier alpha value is -0.380. The van der Waals surface area contributed by atoms with Gasteiger partial charge in [-0.15, -0.1) is 0 Å². The van der Waals surface area contributed by atoms with Crippen molar-refractivity contribution in [3.05, 3.63) is 33.8 Å². The molecule has 0 unspecified atom stereocenters. The molecule has 1 aliphatic rings. The fourth-order valence-electron chi connectivity index (χ4n) is 2.28. The summed E-state index contributed by atoms with van der Waals surface area (Å²) in [5.41, 5.74) is 2.76. The van der Waals surface area contributed by atoms with Crippen LogP contribution in [-0.2, 0) is 13.1 Å². The fourth-order valence-corrected chi connectivity index (χ4v) is 2.83. The molecule has 0 aromatic heterocycles. The second-order valence-corrected chi connectivity index (χ2v) is 5.54. The second-order valence-electron chi connectivity index (χ2n) is 4.69. The minimum atomic E-state index is 0.957. The lowest BCUT2D eigenvalue weighted by atomic mass is 10.1. The van der Waals surface area contributed by atoms with Crippen molar-refractivity contribution in [2.24, 2.45) is 0 Å². The first-order valence-corrected chi connectivity index (χ1v) is 7.29. The van der Waals surface area contributed by atoms with Gasteiger partial charge in [-0.25, -0.2) is 0 Å². The summed E-state index contributed by atoms with van der Waals surface area (Å²) in [6.07, 6.45) is 2.71. The number of nitrogens with one attached hydrogen (secondary N) is 1. The Kier molecular flexibility index (Phi) is 5.01. The Morgan fingerprint density at radius 2 is 2.06 bits per heavy atom. The minimum Gasteiger partial charge on any atom is -0.313 e. The topological polar surface area (TPSA) is 15.3 Å². The van der Waals surface area contributed by atoms with Crippen molar-refractivity contribution in [1.82, 2.24) is 10.2 Å². The van der Waals surface area contributed by atoms with Crippen molar-refractivity contribution < 1.29 is 0 Å². The molecule has 94 valence electrons. The van der Waals surface area contributed by atoms with Crippen LogP contribution in [0.1, 0.15) is 30.9 Å². The molecule has 0 saturated carbocycles. The first-order valence-electron chi connectivity index (χ1n) is 6.50. The summed E-state index contributed by atoms with van der Waals surface area (Å²) in [5.74, 6) is 0. The molecule has 3 heteroatoms. The highest BCUT2D eigenvalue weighted by molar-refractivity contribution is 9.10. The van der Waals surface area contributed by atoms with E-state index in [-0.39, 0.29) is 0 Å². The molecule has 1 N–H and O–H groups in total. The third-order valence-corrected chi connectivity index (χ3v) is 4.03. The summed E-state index contributed by atoms with van der Waals surface area (Å²) in [4.78, 5) is 2.53. The first kappa shape index (κ1) is 13.1. The summed E-state index contributed by atoms with van der Waals surface area (Å²) >= 11 is 3.69. The maximum Gasteiger partial charge on any atom is 0.0244 e. The van der Waals surface area contributed by atoms with Crippen LogP contribution in [0.2, 0.25) is 0 Å². The van der Waals surface area contributed by atoms with Crippen LogP contribution >= 0.6 is 15.9 Å². The summed E-state index contributed by atoms with van der Waals surface area (Å²) in [6, 6.07) is 6.74. The first-order chi connectivity index (χ1) is 8.29.